The minimum absolute atomic E-state index is 0.166. The van der Waals surface area contributed by atoms with Crippen molar-refractivity contribution in [1.29, 1.82) is 0 Å². The number of rotatable bonds is 4. The number of hydrogen-bond acceptors (Lipinski definition) is 2. The highest BCUT2D eigenvalue weighted by atomic mass is 16.6. The van der Waals surface area contributed by atoms with E-state index in [0.717, 1.165) is 37.9 Å². The maximum Gasteiger partial charge on any atom is 0.253 e. The molecule has 3 nitrogen and oxygen atoms in total. The Morgan fingerprint density at radius 3 is 2.25 bits per heavy atom. The number of epoxide rings is 1. The third-order valence-electron chi connectivity index (χ3n) is 5.20. The van der Waals surface area contributed by atoms with Crippen LogP contribution in [0.2, 0.25) is 0 Å². The van der Waals surface area contributed by atoms with Gasteiger partial charge in [0.25, 0.3) is 5.91 Å². The van der Waals surface area contributed by atoms with E-state index in [0.29, 0.717) is 12.0 Å². The van der Waals surface area contributed by atoms with Crippen molar-refractivity contribution < 1.29 is 9.53 Å². The molecule has 4 rings (SSSR count). The molecule has 0 aliphatic carbocycles. The summed E-state index contributed by atoms with van der Waals surface area (Å²) in [5.74, 6) is 0.836. The second kappa shape index (κ2) is 6.78. The Kier molecular flexibility index (Phi) is 4.35. The summed E-state index contributed by atoms with van der Waals surface area (Å²) in [6.45, 7) is 1.72. The fourth-order valence-electron chi connectivity index (χ4n) is 3.72. The molecule has 24 heavy (non-hydrogen) atoms. The van der Waals surface area contributed by atoms with E-state index in [-0.39, 0.29) is 12.0 Å². The molecule has 0 saturated carbocycles. The average Bonchev–Trinajstić information content (AvgIpc) is 3.42. The second-order valence-electron chi connectivity index (χ2n) is 6.84. The Labute approximate surface area is 143 Å². The van der Waals surface area contributed by atoms with Gasteiger partial charge in [0.2, 0.25) is 0 Å². The predicted octanol–water partition coefficient (Wildman–Crippen LogP) is 4.07. The van der Waals surface area contributed by atoms with Crippen LogP contribution in [-0.2, 0) is 4.74 Å². The molecule has 2 aliphatic rings. The number of nitrogens with zero attached hydrogens (tertiary/aromatic N) is 1. The molecular weight excluding hydrogens is 298 g/mol. The minimum atomic E-state index is 0.166. The number of hydrogen-bond donors (Lipinski definition) is 0. The highest BCUT2D eigenvalue weighted by Gasteiger charge is 2.41. The van der Waals surface area contributed by atoms with Gasteiger partial charge in [-0.05, 0) is 42.9 Å². The van der Waals surface area contributed by atoms with Crippen molar-refractivity contribution in [2.24, 2.45) is 5.92 Å². The Morgan fingerprint density at radius 1 is 0.958 bits per heavy atom. The van der Waals surface area contributed by atoms with E-state index in [1.54, 1.807) is 0 Å². The fraction of sp³-hybridized carbons (Fsp3) is 0.381. The van der Waals surface area contributed by atoms with Crippen molar-refractivity contribution in [3.63, 3.8) is 0 Å². The van der Waals surface area contributed by atoms with E-state index in [2.05, 4.69) is 24.3 Å². The largest absolute Gasteiger partial charge is 0.364 e. The van der Waals surface area contributed by atoms with E-state index in [4.69, 9.17) is 4.74 Å². The zero-order valence-corrected chi connectivity index (χ0v) is 13.8. The van der Waals surface area contributed by atoms with Gasteiger partial charge in [0.1, 0.15) is 6.10 Å². The summed E-state index contributed by atoms with van der Waals surface area (Å²) in [5, 5.41) is 0. The molecule has 0 radical (unpaired) electrons. The Hall–Kier alpha value is -2.13. The maximum absolute atomic E-state index is 12.5. The number of ether oxygens (including phenoxy) is 1. The first-order chi connectivity index (χ1) is 11.8. The molecule has 2 aromatic rings. The van der Waals surface area contributed by atoms with Gasteiger partial charge in [0.15, 0.2) is 0 Å². The Balaban J connectivity index is 1.26. The number of piperidine rings is 1. The lowest BCUT2D eigenvalue weighted by Crippen LogP contribution is -2.38. The van der Waals surface area contributed by atoms with Gasteiger partial charge in [-0.3, -0.25) is 4.79 Å². The molecule has 2 saturated heterocycles. The summed E-state index contributed by atoms with van der Waals surface area (Å²) >= 11 is 0. The molecule has 0 N–H and O–H groups in total. The lowest BCUT2D eigenvalue weighted by Gasteiger charge is -2.32. The molecular formula is C21H23NO2. The Bertz CT molecular complexity index is 677. The lowest BCUT2D eigenvalue weighted by molar-refractivity contribution is 0.0683. The van der Waals surface area contributed by atoms with Crippen molar-refractivity contribution in [3.05, 3.63) is 71.8 Å². The summed E-state index contributed by atoms with van der Waals surface area (Å²) in [6.07, 6.45) is 3.94. The molecule has 0 spiro atoms. The molecule has 3 heteroatoms. The van der Waals surface area contributed by atoms with Crippen LogP contribution in [0.15, 0.2) is 60.7 Å². The zero-order chi connectivity index (χ0) is 16.4. The number of carbonyl (C=O) groups excluding carboxylic acids is 1. The number of benzene rings is 2. The molecule has 2 aromatic carbocycles. The summed E-state index contributed by atoms with van der Waals surface area (Å²) in [7, 11) is 0. The first kappa shape index (κ1) is 15.4. The van der Waals surface area contributed by atoms with E-state index in [1.807, 2.05) is 41.3 Å². The van der Waals surface area contributed by atoms with Gasteiger partial charge < -0.3 is 9.64 Å². The molecule has 0 unspecified atom stereocenters. The van der Waals surface area contributed by atoms with Crippen molar-refractivity contribution >= 4 is 5.91 Å². The zero-order valence-electron chi connectivity index (χ0n) is 13.8. The van der Waals surface area contributed by atoms with Crippen LogP contribution in [-0.4, -0.2) is 30.0 Å². The first-order valence-electron chi connectivity index (χ1n) is 8.86. The van der Waals surface area contributed by atoms with Gasteiger partial charge in [-0.25, -0.2) is 0 Å². The molecule has 0 bridgehead atoms. The first-order valence-corrected chi connectivity index (χ1v) is 8.86. The van der Waals surface area contributed by atoms with Crippen LogP contribution in [0.3, 0.4) is 0 Å². The van der Waals surface area contributed by atoms with E-state index >= 15 is 0 Å². The van der Waals surface area contributed by atoms with Crippen molar-refractivity contribution in [2.75, 3.05) is 13.1 Å². The average molecular weight is 321 g/mol. The van der Waals surface area contributed by atoms with Gasteiger partial charge in [-0.1, -0.05) is 48.5 Å². The predicted molar refractivity (Wildman–Crippen MR) is 93.7 cm³/mol. The molecule has 2 aliphatic heterocycles. The minimum Gasteiger partial charge on any atom is -0.364 e. The van der Waals surface area contributed by atoms with E-state index in [9.17, 15) is 4.79 Å². The molecule has 2 heterocycles. The highest BCUT2D eigenvalue weighted by Crippen LogP contribution is 2.43. The molecule has 124 valence electrons. The van der Waals surface area contributed by atoms with Gasteiger partial charge in [0.05, 0.1) is 6.10 Å². The van der Waals surface area contributed by atoms with Crippen LogP contribution in [0.5, 0.6) is 0 Å². The monoisotopic (exact) mass is 321 g/mol. The summed E-state index contributed by atoms with van der Waals surface area (Å²) in [5.41, 5.74) is 2.09. The van der Waals surface area contributed by atoms with Crippen LogP contribution >= 0.6 is 0 Å². The third-order valence-corrected chi connectivity index (χ3v) is 5.20. The smallest absolute Gasteiger partial charge is 0.253 e. The van der Waals surface area contributed by atoms with Crippen molar-refractivity contribution in [2.45, 2.75) is 31.5 Å². The van der Waals surface area contributed by atoms with Crippen LogP contribution < -0.4 is 0 Å². The number of carbonyl (C=O) groups is 1. The van der Waals surface area contributed by atoms with Crippen molar-refractivity contribution in [1.82, 2.24) is 4.90 Å². The van der Waals surface area contributed by atoms with Gasteiger partial charge in [0, 0.05) is 18.7 Å². The van der Waals surface area contributed by atoms with Crippen LogP contribution in [0.1, 0.15) is 41.3 Å². The normalized spacial score (nSPS) is 23.9. The maximum atomic E-state index is 12.5. The molecule has 1 amide bonds. The fourth-order valence-corrected chi connectivity index (χ4v) is 3.72. The topological polar surface area (TPSA) is 32.8 Å². The van der Waals surface area contributed by atoms with Crippen LogP contribution in [0.4, 0.5) is 0 Å². The van der Waals surface area contributed by atoms with Crippen molar-refractivity contribution in [3.8, 4) is 0 Å². The molecule has 2 fully saturated rings. The second-order valence-corrected chi connectivity index (χ2v) is 6.84. The summed E-state index contributed by atoms with van der Waals surface area (Å²) in [6, 6.07) is 20.1. The number of amides is 1. The Morgan fingerprint density at radius 2 is 1.58 bits per heavy atom. The third kappa shape index (κ3) is 3.36. The molecule has 0 aromatic heterocycles. The van der Waals surface area contributed by atoms with Crippen LogP contribution in [0, 0.1) is 5.92 Å². The van der Waals surface area contributed by atoms with Crippen LogP contribution in [0.25, 0.3) is 0 Å². The summed E-state index contributed by atoms with van der Waals surface area (Å²) < 4.78 is 5.87. The number of likely N-dealkylation sites (tertiary alicyclic amines) is 1. The van der Waals surface area contributed by atoms with E-state index < -0.39 is 0 Å². The standard InChI is InChI=1S/C21H23NO2/c23-21(18-9-5-2-6-10-18)22-13-11-16(12-14-22)15-19-20(24-19)17-7-3-1-4-8-17/h1-10,16,19-20H,11-15H2/t19-,20+/m1/s1. The van der Waals surface area contributed by atoms with E-state index in [1.165, 1.54) is 5.56 Å². The SMILES string of the molecule is O=C(c1ccccc1)N1CCC(C[C@H]2O[C@H]2c2ccccc2)CC1. The summed E-state index contributed by atoms with van der Waals surface area (Å²) in [4.78, 5) is 14.5. The van der Waals surface area contributed by atoms with Gasteiger partial charge in [-0.15, -0.1) is 0 Å². The van der Waals surface area contributed by atoms with Gasteiger partial charge in [-0.2, -0.15) is 0 Å². The lowest BCUT2D eigenvalue weighted by atomic mass is 9.90. The highest BCUT2D eigenvalue weighted by molar-refractivity contribution is 5.94. The molecule has 2 atom stereocenters. The quantitative estimate of drug-likeness (QED) is 0.795. The van der Waals surface area contributed by atoms with Gasteiger partial charge >= 0.3 is 0 Å².